The van der Waals surface area contributed by atoms with Crippen LogP contribution in [0.5, 0.6) is 0 Å². The summed E-state index contributed by atoms with van der Waals surface area (Å²) in [6.45, 7) is 3.19. The quantitative estimate of drug-likeness (QED) is 0.843. The highest BCUT2D eigenvalue weighted by Crippen LogP contribution is 2.15. The van der Waals surface area contributed by atoms with Crippen LogP contribution in [0.15, 0.2) is 30.3 Å². The number of carbonyl (C=O) groups excluding carboxylic acids is 2. The molecule has 2 N–H and O–H groups in total. The standard InChI is InChI=1S/C18H23N5O2S/c1-13-21-22-18(26-13)20-17(25)19-15-9-11-23(12-10-15)16(24)8-7-14-5-3-2-4-6-14/h2-6,15H,7-12H2,1H3,(H2,19,20,22,25). The van der Waals surface area contributed by atoms with Crippen LogP contribution in [-0.2, 0) is 11.2 Å². The van der Waals surface area contributed by atoms with E-state index in [1.807, 2.05) is 42.2 Å². The summed E-state index contributed by atoms with van der Waals surface area (Å²) in [5.41, 5.74) is 1.18. The zero-order valence-corrected chi connectivity index (χ0v) is 15.6. The first-order chi connectivity index (χ1) is 12.6. The molecule has 7 nitrogen and oxygen atoms in total. The Morgan fingerprint density at radius 3 is 2.58 bits per heavy atom. The Balaban J connectivity index is 1.38. The molecule has 0 aliphatic carbocycles. The van der Waals surface area contributed by atoms with E-state index < -0.39 is 0 Å². The fraction of sp³-hybridized carbons (Fsp3) is 0.444. The Bertz CT molecular complexity index is 741. The van der Waals surface area contributed by atoms with Crippen molar-refractivity contribution >= 4 is 28.4 Å². The van der Waals surface area contributed by atoms with Crippen molar-refractivity contribution in [1.29, 1.82) is 0 Å². The number of piperidine rings is 1. The number of hydrogen-bond acceptors (Lipinski definition) is 5. The number of nitrogens with zero attached hydrogens (tertiary/aromatic N) is 3. The first-order valence-electron chi connectivity index (χ1n) is 8.79. The highest BCUT2D eigenvalue weighted by Gasteiger charge is 2.23. The van der Waals surface area contributed by atoms with E-state index >= 15 is 0 Å². The van der Waals surface area contributed by atoms with Gasteiger partial charge in [0.2, 0.25) is 11.0 Å². The first-order valence-corrected chi connectivity index (χ1v) is 9.61. The number of nitrogens with one attached hydrogen (secondary N) is 2. The van der Waals surface area contributed by atoms with Crippen molar-refractivity contribution in [3.8, 4) is 0 Å². The second-order valence-electron chi connectivity index (χ2n) is 6.37. The lowest BCUT2D eigenvalue weighted by atomic mass is 10.0. The Hall–Kier alpha value is -2.48. The average molecular weight is 373 g/mol. The molecule has 26 heavy (non-hydrogen) atoms. The van der Waals surface area contributed by atoms with Gasteiger partial charge in [0.1, 0.15) is 5.01 Å². The smallest absolute Gasteiger partial charge is 0.321 e. The second kappa shape index (κ2) is 8.75. The van der Waals surface area contributed by atoms with Gasteiger partial charge in [-0.2, -0.15) is 0 Å². The highest BCUT2D eigenvalue weighted by atomic mass is 32.1. The molecule has 0 bridgehead atoms. The summed E-state index contributed by atoms with van der Waals surface area (Å²) >= 11 is 1.34. The van der Waals surface area contributed by atoms with Crippen LogP contribution >= 0.6 is 11.3 Å². The van der Waals surface area contributed by atoms with Crippen LogP contribution in [0, 0.1) is 6.92 Å². The number of benzene rings is 1. The first kappa shape index (κ1) is 18.3. The van der Waals surface area contributed by atoms with Gasteiger partial charge in [-0.1, -0.05) is 41.7 Å². The number of rotatable bonds is 5. The molecule has 1 saturated heterocycles. The molecule has 1 fully saturated rings. The summed E-state index contributed by atoms with van der Waals surface area (Å²) in [6, 6.07) is 9.85. The lowest BCUT2D eigenvalue weighted by Gasteiger charge is -2.32. The molecule has 3 rings (SSSR count). The predicted octanol–water partition coefficient (Wildman–Crippen LogP) is 2.59. The van der Waals surface area contributed by atoms with Gasteiger partial charge >= 0.3 is 6.03 Å². The minimum atomic E-state index is -0.269. The number of hydrogen-bond donors (Lipinski definition) is 2. The lowest BCUT2D eigenvalue weighted by Crippen LogP contribution is -2.47. The number of carbonyl (C=O) groups is 2. The Labute approximate surface area is 156 Å². The maximum absolute atomic E-state index is 12.4. The van der Waals surface area contributed by atoms with Crippen molar-refractivity contribution in [3.05, 3.63) is 40.9 Å². The highest BCUT2D eigenvalue weighted by molar-refractivity contribution is 7.15. The van der Waals surface area contributed by atoms with E-state index in [0.29, 0.717) is 24.6 Å². The molecular weight excluding hydrogens is 350 g/mol. The summed E-state index contributed by atoms with van der Waals surface area (Å²) in [4.78, 5) is 26.3. The number of aryl methyl sites for hydroxylation is 2. The Morgan fingerprint density at radius 1 is 1.19 bits per heavy atom. The van der Waals surface area contributed by atoms with Gasteiger partial charge in [-0.25, -0.2) is 4.79 Å². The molecule has 1 aliphatic heterocycles. The van der Waals surface area contributed by atoms with Gasteiger partial charge in [0, 0.05) is 25.6 Å². The largest absolute Gasteiger partial charge is 0.343 e. The van der Waals surface area contributed by atoms with E-state index in [9.17, 15) is 9.59 Å². The summed E-state index contributed by atoms with van der Waals surface area (Å²) in [6.07, 6.45) is 2.82. The minimum absolute atomic E-state index is 0.0715. The van der Waals surface area contributed by atoms with E-state index in [4.69, 9.17) is 0 Å². The monoisotopic (exact) mass is 373 g/mol. The van der Waals surface area contributed by atoms with E-state index in [0.717, 1.165) is 24.3 Å². The maximum Gasteiger partial charge on any atom is 0.321 e. The Morgan fingerprint density at radius 2 is 1.92 bits per heavy atom. The van der Waals surface area contributed by atoms with Crippen molar-refractivity contribution in [2.75, 3.05) is 18.4 Å². The molecule has 1 aromatic heterocycles. The molecule has 2 heterocycles. The molecule has 0 spiro atoms. The second-order valence-corrected chi connectivity index (χ2v) is 7.55. The van der Waals surface area contributed by atoms with Crippen molar-refractivity contribution < 1.29 is 9.59 Å². The van der Waals surface area contributed by atoms with Gasteiger partial charge in [-0.3, -0.25) is 10.1 Å². The summed E-state index contributed by atoms with van der Waals surface area (Å²) in [5.74, 6) is 0.182. The molecule has 0 saturated carbocycles. The molecular formula is C18H23N5O2S. The minimum Gasteiger partial charge on any atom is -0.343 e. The van der Waals surface area contributed by atoms with Gasteiger partial charge < -0.3 is 10.2 Å². The predicted molar refractivity (Wildman–Crippen MR) is 101 cm³/mol. The van der Waals surface area contributed by atoms with Crippen molar-refractivity contribution in [1.82, 2.24) is 20.4 Å². The molecule has 1 aromatic carbocycles. The molecule has 8 heteroatoms. The molecule has 0 radical (unpaired) electrons. The molecule has 0 unspecified atom stereocenters. The molecule has 138 valence electrons. The van der Waals surface area contributed by atoms with E-state index in [1.165, 1.54) is 16.9 Å². The van der Waals surface area contributed by atoms with Crippen LogP contribution < -0.4 is 10.6 Å². The zero-order valence-electron chi connectivity index (χ0n) is 14.8. The van der Waals surface area contributed by atoms with Crippen LogP contribution in [-0.4, -0.2) is 46.2 Å². The van der Waals surface area contributed by atoms with Gasteiger partial charge in [0.05, 0.1) is 0 Å². The third kappa shape index (κ3) is 5.26. The number of urea groups is 1. The maximum atomic E-state index is 12.4. The fourth-order valence-corrected chi connectivity index (χ4v) is 3.58. The number of likely N-dealkylation sites (tertiary alicyclic amines) is 1. The normalized spacial score (nSPS) is 14.9. The summed E-state index contributed by atoms with van der Waals surface area (Å²) in [5, 5.41) is 14.7. The molecule has 0 atom stereocenters. The molecule has 1 aliphatic rings. The van der Waals surface area contributed by atoms with Crippen LogP contribution in [0.25, 0.3) is 0 Å². The third-order valence-corrected chi connectivity index (χ3v) is 5.15. The lowest BCUT2D eigenvalue weighted by molar-refractivity contribution is -0.132. The topological polar surface area (TPSA) is 87.2 Å². The molecule has 3 amide bonds. The Kier molecular flexibility index (Phi) is 6.17. The SMILES string of the molecule is Cc1nnc(NC(=O)NC2CCN(C(=O)CCc3ccccc3)CC2)s1. The van der Waals surface area contributed by atoms with Crippen molar-refractivity contribution in [2.45, 2.75) is 38.6 Å². The van der Waals surface area contributed by atoms with Gasteiger partial charge in [-0.15, -0.1) is 10.2 Å². The zero-order chi connectivity index (χ0) is 18.4. The van der Waals surface area contributed by atoms with E-state index in [1.54, 1.807) is 0 Å². The van der Waals surface area contributed by atoms with Crippen molar-refractivity contribution in [3.63, 3.8) is 0 Å². The fourth-order valence-electron chi connectivity index (χ4n) is 2.99. The van der Waals surface area contributed by atoms with E-state index in [-0.39, 0.29) is 18.0 Å². The molecule has 2 aromatic rings. The van der Waals surface area contributed by atoms with Crippen LogP contribution in [0.2, 0.25) is 0 Å². The number of anilines is 1. The van der Waals surface area contributed by atoms with Gasteiger partial charge in [-0.05, 0) is 31.7 Å². The van der Waals surface area contributed by atoms with E-state index in [2.05, 4.69) is 20.8 Å². The summed E-state index contributed by atoms with van der Waals surface area (Å²) < 4.78 is 0. The average Bonchev–Trinajstić information content (AvgIpc) is 3.05. The third-order valence-electron chi connectivity index (χ3n) is 4.40. The number of aromatic nitrogens is 2. The van der Waals surface area contributed by atoms with Crippen molar-refractivity contribution in [2.24, 2.45) is 0 Å². The van der Waals surface area contributed by atoms with Crippen LogP contribution in [0.1, 0.15) is 29.8 Å². The summed E-state index contributed by atoms with van der Waals surface area (Å²) in [7, 11) is 0. The van der Waals surface area contributed by atoms with Gasteiger partial charge in [0.15, 0.2) is 0 Å². The van der Waals surface area contributed by atoms with Crippen LogP contribution in [0.4, 0.5) is 9.93 Å². The number of amides is 3. The van der Waals surface area contributed by atoms with Gasteiger partial charge in [0.25, 0.3) is 0 Å². The van der Waals surface area contributed by atoms with Crippen LogP contribution in [0.3, 0.4) is 0 Å².